The molecule has 7 aromatic rings. The van der Waals surface area contributed by atoms with Gasteiger partial charge in [-0.15, -0.1) is 0 Å². The molecule has 61 heavy (non-hydrogen) atoms. The van der Waals surface area contributed by atoms with Gasteiger partial charge in [-0.2, -0.15) is 0 Å². The molecule has 3 aromatic heterocycles. The Morgan fingerprint density at radius 2 is 0.557 bits per heavy atom. The van der Waals surface area contributed by atoms with Gasteiger partial charge in [0.15, 0.2) is 0 Å². The standard InChI is InChI=1S/C20H14N4.4C7H6O2.Mn/c1-2-14-10-16-5-6-18(23-16)12-20-8-7-19(24-20)11-17-4-3-15(22-17)9-13(1)21-14;4*8-7(9)6-4-2-1-3-5-6;/h1-12,21-22H;4*1-5H,(H,8,9);. The molecule has 0 unspecified atom stereocenters. The molecule has 0 saturated heterocycles. The molecule has 2 aliphatic rings. The third kappa shape index (κ3) is 15.3. The topological polar surface area (TPSA) is 207 Å². The summed E-state index contributed by atoms with van der Waals surface area (Å²) in [6.07, 6.45) is 8.05. The number of aromatic nitrogens is 4. The van der Waals surface area contributed by atoms with Gasteiger partial charge in [-0.3, -0.25) is 0 Å². The van der Waals surface area contributed by atoms with Crippen LogP contribution in [0.15, 0.2) is 170 Å². The van der Waals surface area contributed by atoms with Gasteiger partial charge in [0.1, 0.15) is 0 Å². The van der Waals surface area contributed by atoms with E-state index in [9.17, 15) is 19.2 Å². The molecule has 2 aliphatic heterocycles. The number of aromatic carboxylic acids is 4. The van der Waals surface area contributed by atoms with Crippen molar-refractivity contribution in [3.63, 3.8) is 0 Å². The van der Waals surface area contributed by atoms with Crippen LogP contribution in [0.2, 0.25) is 0 Å². The number of H-pyrrole nitrogens is 2. The van der Waals surface area contributed by atoms with Crippen molar-refractivity contribution in [1.82, 2.24) is 19.9 Å². The third-order valence-corrected chi connectivity index (χ3v) is 8.12. The summed E-state index contributed by atoms with van der Waals surface area (Å²) in [7, 11) is 0. The number of carboxylic acids is 4. The minimum Gasteiger partial charge on any atom is -0.478 e. The molecule has 0 fully saturated rings. The van der Waals surface area contributed by atoms with Gasteiger partial charge in [-0.1, -0.05) is 72.8 Å². The van der Waals surface area contributed by atoms with Crippen molar-refractivity contribution in [2.24, 2.45) is 0 Å². The average molecular weight is 854 g/mol. The van der Waals surface area contributed by atoms with Gasteiger partial charge in [-0.25, -0.2) is 29.1 Å². The number of benzene rings is 4. The van der Waals surface area contributed by atoms with Crippen LogP contribution < -0.4 is 0 Å². The zero-order chi connectivity index (χ0) is 42.7. The van der Waals surface area contributed by atoms with Crippen LogP contribution in [-0.4, -0.2) is 64.2 Å². The summed E-state index contributed by atoms with van der Waals surface area (Å²) in [5.41, 5.74) is 9.18. The summed E-state index contributed by atoms with van der Waals surface area (Å²) in [6, 6.07) is 49.6. The molecule has 0 aliphatic carbocycles. The third-order valence-electron chi connectivity index (χ3n) is 8.12. The first-order valence-electron chi connectivity index (χ1n) is 18.2. The van der Waals surface area contributed by atoms with E-state index < -0.39 is 23.9 Å². The van der Waals surface area contributed by atoms with E-state index in [2.05, 4.69) is 50.3 Å². The molecule has 5 heterocycles. The van der Waals surface area contributed by atoms with Crippen LogP contribution in [0.5, 0.6) is 0 Å². The van der Waals surface area contributed by atoms with E-state index in [1.807, 2.05) is 42.5 Å². The van der Waals surface area contributed by atoms with E-state index >= 15 is 0 Å². The molecular weight excluding hydrogens is 815 g/mol. The van der Waals surface area contributed by atoms with Crippen molar-refractivity contribution >= 4 is 70.2 Å². The van der Waals surface area contributed by atoms with Crippen LogP contribution >= 0.6 is 0 Å². The number of fused-ring (bicyclic) bond motifs is 8. The van der Waals surface area contributed by atoms with E-state index in [-0.39, 0.29) is 17.1 Å². The molecule has 13 heteroatoms. The predicted molar refractivity (Wildman–Crippen MR) is 232 cm³/mol. The first-order valence-corrected chi connectivity index (χ1v) is 18.2. The van der Waals surface area contributed by atoms with Crippen LogP contribution in [0, 0.1) is 0 Å². The molecule has 8 bridgehead atoms. The van der Waals surface area contributed by atoms with Crippen molar-refractivity contribution < 1.29 is 56.7 Å². The number of nitrogens with zero attached hydrogens (tertiary/aromatic N) is 2. The van der Waals surface area contributed by atoms with Crippen LogP contribution in [0.3, 0.4) is 0 Å². The van der Waals surface area contributed by atoms with Crippen LogP contribution in [0.4, 0.5) is 0 Å². The number of hydrogen-bond donors (Lipinski definition) is 6. The largest absolute Gasteiger partial charge is 0.478 e. The van der Waals surface area contributed by atoms with Gasteiger partial charge >= 0.3 is 23.9 Å². The molecule has 0 atom stereocenters. The Bertz CT molecular complexity index is 2480. The summed E-state index contributed by atoms with van der Waals surface area (Å²) >= 11 is 0. The van der Waals surface area contributed by atoms with Crippen molar-refractivity contribution in [3.05, 3.63) is 215 Å². The SMILES string of the molecule is C1=Cc2cc3ccc(cc4ccc(cc5nc(cc1n2)C=C5)[nH]4)[nH]3.O=C(O)c1ccccc1.O=C(O)c1ccccc1.O=C(O)c1ccccc1.O=C(O)c1ccccc1.[Mn]. The molecule has 305 valence electrons. The first kappa shape index (κ1) is 45.6. The van der Waals surface area contributed by atoms with Crippen molar-refractivity contribution in [1.29, 1.82) is 0 Å². The normalized spacial score (nSPS) is 10.2. The summed E-state index contributed by atoms with van der Waals surface area (Å²) in [5.74, 6) is -3.52. The second-order valence-electron chi connectivity index (χ2n) is 12.6. The summed E-state index contributed by atoms with van der Waals surface area (Å²) in [4.78, 5) is 56.8. The minimum absolute atomic E-state index is 0. The van der Waals surface area contributed by atoms with Gasteiger partial charge in [0.2, 0.25) is 0 Å². The van der Waals surface area contributed by atoms with Gasteiger partial charge < -0.3 is 30.4 Å². The zero-order valence-corrected chi connectivity index (χ0v) is 33.3. The van der Waals surface area contributed by atoms with E-state index in [4.69, 9.17) is 20.4 Å². The van der Waals surface area contributed by atoms with Crippen LogP contribution in [0.1, 0.15) is 64.2 Å². The van der Waals surface area contributed by atoms with E-state index in [1.165, 1.54) is 0 Å². The summed E-state index contributed by atoms with van der Waals surface area (Å²) in [6.45, 7) is 0. The second-order valence-corrected chi connectivity index (χ2v) is 12.6. The van der Waals surface area contributed by atoms with Gasteiger partial charge in [0.05, 0.1) is 45.0 Å². The monoisotopic (exact) mass is 853 g/mol. The molecule has 12 nitrogen and oxygen atoms in total. The number of nitrogens with one attached hydrogen (secondary N) is 2. The maximum atomic E-state index is 10.2. The Hall–Kier alpha value is -8.12. The first-order chi connectivity index (χ1) is 29.0. The van der Waals surface area contributed by atoms with Crippen LogP contribution in [-0.2, 0) is 17.1 Å². The van der Waals surface area contributed by atoms with E-state index in [0.717, 1.165) is 44.8 Å². The zero-order valence-electron chi connectivity index (χ0n) is 32.2. The second kappa shape index (κ2) is 23.3. The molecule has 0 amide bonds. The average Bonchev–Trinajstić information content (AvgIpc) is 4.11. The molecule has 4 aromatic carbocycles. The maximum absolute atomic E-state index is 10.2. The number of aromatic amines is 2. The summed E-state index contributed by atoms with van der Waals surface area (Å²) in [5, 5.41) is 33.5. The summed E-state index contributed by atoms with van der Waals surface area (Å²) < 4.78 is 0. The van der Waals surface area contributed by atoms with Gasteiger partial charge in [0.25, 0.3) is 0 Å². The quantitative estimate of drug-likeness (QED) is 0.0924. The molecule has 0 saturated carbocycles. The molecule has 0 spiro atoms. The van der Waals surface area contributed by atoms with Gasteiger partial charge in [0, 0.05) is 39.1 Å². The van der Waals surface area contributed by atoms with E-state index in [0.29, 0.717) is 22.3 Å². The molecule has 9 rings (SSSR count). The predicted octanol–water partition coefficient (Wildman–Crippen LogP) is 10.2. The Labute approximate surface area is 360 Å². The fourth-order valence-corrected chi connectivity index (χ4v) is 5.27. The Morgan fingerprint density at radius 1 is 0.328 bits per heavy atom. The number of hydrogen-bond acceptors (Lipinski definition) is 6. The fourth-order valence-electron chi connectivity index (χ4n) is 5.27. The number of carboxylic acid groups (broad SMARTS) is 4. The molecule has 1 radical (unpaired) electrons. The van der Waals surface area contributed by atoms with Crippen LogP contribution in [0.25, 0.3) is 46.4 Å². The maximum Gasteiger partial charge on any atom is 0.335 e. The number of rotatable bonds is 4. The Balaban J connectivity index is 0.000000185. The Morgan fingerprint density at radius 3 is 0.787 bits per heavy atom. The van der Waals surface area contributed by atoms with Crippen molar-refractivity contribution in [3.8, 4) is 0 Å². The molecule has 6 N–H and O–H groups in total. The fraction of sp³-hybridized carbons (Fsp3) is 0. The van der Waals surface area contributed by atoms with E-state index in [1.54, 1.807) is 121 Å². The minimum atomic E-state index is -0.879. The number of carbonyl (C=O) groups is 4. The molecular formula is C48H38MnN4O8. The van der Waals surface area contributed by atoms with Crippen molar-refractivity contribution in [2.45, 2.75) is 0 Å². The van der Waals surface area contributed by atoms with Gasteiger partial charge in [-0.05, 0) is 121 Å². The Kier molecular flexibility index (Phi) is 17.4. The smallest absolute Gasteiger partial charge is 0.335 e. The van der Waals surface area contributed by atoms with Crippen molar-refractivity contribution in [2.75, 3.05) is 0 Å².